The van der Waals surface area contributed by atoms with Gasteiger partial charge in [-0.2, -0.15) is 0 Å². The fourth-order valence-electron chi connectivity index (χ4n) is 2.94. The van der Waals surface area contributed by atoms with E-state index in [0.29, 0.717) is 12.5 Å². The third-order valence-corrected chi connectivity index (χ3v) is 4.72. The highest BCUT2D eigenvalue weighted by Crippen LogP contribution is 2.33. The van der Waals surface area contributed by atoms with E-state index in [-0.39, 0.29) is 12.6 Å². The van der Waals surface area contributed by atoms with Gasteiger partial charge in [-0.3, -0.25) is 0 Å². The van der Waals surface area contributed by atoms with Crippen LogP contribution in [0.1, 0.15) is 18.9 Å². The molecule has 0 saturated carbocycles. The summed E-state index contributed by atoms with van der Waals surface area (Å²) >= 11 is 3.56. The van der Waals surface area contributed by atoms with Crippen LogP contribution < -0.4 is 10.2 Å². The normalized spacial score (nSPS) is 22.0. The monoisotopic (exact) mass is 356 g/mol. The van der Waals surface area contributed by atoms with E-state index in [1.807, 2.05) is 0 Å². The molecule has 21 heavy (non-hydrogen) atoms. The standard InChI is InChI=1S/C16H25BrN2O2/c1-12-5-7-19(16(12)11-20)15-9-14(17)4-3-13(15)10-18-6-8-21-2/h3-4,9,12,16,18,20H,5-8,10-11H2,1-2H3. The summed E-state index contributed by atoms with van der Waals surface area (Å²) in [5.41, 5.74) is 2.49. The Balaban J connectivity index is 2.15. The van der Waals surface area contributed by atoms with Gasteiger partial charge in [0, 0.05) is 36.9 Å². The largest absolute Gasteiger partial charge is 0.394 e. The Labute approximate surface area is 135 Å². The molecule has 0 bridgehead atoms. The van der Waals surface area contributed by atoms with Crippen molar-refractivity contribution in [3.8, 4) is 0 Å². The van der Waals surface area contributed by atoms with E-state index in [9.17, 15) is 5.11 Å². The highest BCUT2D eigenvalue weighted by Gasteiger charge is 2.31. The first-order valence-corrected chi connectivity index (χ1v) is 8.32. The van der Waals surface area contributed by atoms with Gasteiger partial charge < -0.3 is 20.1 Å². The van der Waals surface area contributed by atoms with Gasteiger partial charge in [-0.05, 0) is 30.0 Å². The van der Waals surface area contributed by atoms with Crippen LogP contribution in [0.3, 0.4) is 0 Å². The summed E-state index contributed by atoms with van der Waals surface area (Å²) in [5.74, 6) is 0.531. The summed E-state index contributed by atoms with van der Waals surface area (Å²) in [6, 6.07) is 6.60. The van der Waals surface area contributed by atoms with E-state index >= 15 is 0 Å². The molecule has 2 unspecified atom stereocenters. The molecule has 1 aromatic rings. The molecule has 5 heteroatoms. The Kier molecular flexibility index (Phi) is 6.48. The van der Waals surface area contributed by atoms with Gasteiger partial charge in [-0.1, -0.05) is 28.9 Å². The molecule has 1 aliphatic heterocycles. The molecule has 2 rings (SSSR count). The average molecular weight is 357 g/mol. The zero-order valence-electron chi connectivity index (χ0n) is 12.8. The molecule has 1 aromatic carbocycles. The Hall–Kier alpha value is -0.620. The molecule has 2 N–H and O–H groups in total. The van der Waals surface area contributed by atoms with Gasteiger partial charge in [0.05, 0.1) is 19.3 Å². The lowest BCUT2D eigenvalue weighted by Crippen LogP contribution is -2.36. The van der Waals surface area contributed by atoms with Crippen molar-refractivity contribution in [1.29, 1.82) is 0 Å². The smallest absolute Gasteiger partial charge is 0.0637 e. The number of methoxy groups -OCH3 is 1. The summed E-state index contributed by atoms with van der Waals surface area (Å²) < 4.78 is 6.14. The van der Waals surface area contributed by atoms with Crippen LogP contribution in [0.2, 0.25) is 0 Å². The maximum Gasteiger partial charge on any atom is 0.0637 e. The first-order chi connectivity index (χ1) is 10.2. The van der Waals surface area contributed by atoms with Crippen molar-refractivity contribution < 1.29 is 9.84 Å². The van der Waals surface area contributed by atoms with Gasteiger partial charge in [0.25, 0.3) is 0 Å². The first kappa shape index (κ1) is 16.7. The first-order valence-electron chi connectivity index (χ1n) is 7.53. The van der Waals surface area contributed by atoms with Crippen molar-refractivity contribution in [1.82, 2.24) is 5.32 Å². The van der Waals surface area contributed by atoms with Crippen LogP contribution in [0.4, 0.5) is 5.69 Å². The molecule has 0 amide bonds. The number of nitrogens with zero attached hydrogens (tertiary/aromatic N) is 1. The van der Waals surface area contributed by atoms with E-state index in [2.05, 4.69) is 51.3 Å². The molecular weight excluding hydrogens is 332 g/mol. The second-order valence-corrected chi connectivity index (χ2v) is 6.57. The lowest BCUT2D eigenvalue weighted by atomic mass is 10.0. The topological polar surface area (TPSA) is 44.7 Å². The third-order valence-electron chi connectivity index (χ3n) is 4.22. The third kappa shape index (κ3) is 4.19. The predicted molar refractivity (Wildman–Crippen MR) is 89.7 cm³/mol. The zero-order chi connectivity index (χ0) is 15.2. The second-order valence-electron chi connectivity index (χ2n) is 5.65. The fraction of sp³-hybridized carbons (Fsp3) is 0.625. The van der Waals surface area contributed by atoms with Gasteiger partial charge in [0.1, 0.15) is 0 Å². The molecule has 118 valence electrons. The van der Waals surface area contributed by atoms with E-state index in [1.54, 1.807) is 7.11 Å². The number of ether oxygens (including phenoxy) is 1. The zero-order valence-corrected chi connectivity index (χ0v) is 14.4. The number of hydrogen-bond acceptors (Lipinski definition) is 4. The van der Waals surface area contributed by atoms with E-state index in [4.69, 9.17) is 4.74 Å². The minimum atomic E-state index is 0.213. The molecular formula is C16H25BrN2O2. The molecule has 0 radical (unpaired) electrons. The van der Waals surface area contributed by atoms with Crippen LogP contribution in [-0.2, 0) is 11.3 Å². The lowest BCUT2D eigenvalue weighted by molar-refractivity contribution is 0.199. The summed E-state index contributed by atoms with van der Waals surface area (Å²) in [4.78, 5) is 2.35. The van der Waals surface area contributed by atoms with Crippen LogP contribution >= 0.6 is 15.9 Å². The van der Waals surface area contributed by atoms with Gasteiger partial charge in [-0.25, -0.2) is 0 Å². The number of anilines is 1. The maximum atomic E-state index is 9.69. The average Bonchev–Trinajstić information content (AvgIpc) is 2.85. The van der Waals surface area contributed by atoms with Crippen molar-refractivity contribution in [3.63, 3.8) is 0 Å². The second kappa shape index (κ2) is 8.13. The number of aliphatic hydroxyl groups is 1. The van der Waals surface area contributed by atoms with Crippen LogP contribution in [0, 0.1) is 5.92 Å². The van der Waals surface area contributed by atoms with Crippen LogP contribution in [0.5, 0.6) is 0 Å². The molecule has 0 aromatic heterocycles. The number of hydrogen-bond donors (Lipinski definition) is 2. The Morgan fingerprint density at radius 1 is 1.48 bits per heavy atom. The molecule has 2 atom stereocenters. The minimum Gasteiger partial charge on any atom is -0.394 e. The van der Waals surface area contributed by atoms with E-state index in [0.717, 1.165) is 30.5 Å². The minimum absolute atomic E-state index is 0.213. The molecule has 0 spiro atoms. The van der Waals surface area contributed by atoms with Crippen LogP contribution in [0.15, 0.2) is 22.7 Å². The Morgan fingerprint density at radius 2 is 2.29 bits per heavy atom. The highest BCUT2D eigenvalue weighted by atomic mass is 79.9. The van der Waals surface area contributed by atoms with Crippen molar-refractivity contribution in [2.45, 2.75) is 25.9 Å². The van der Waals surface area contributed by atoms with Gasteiger partial charge >= 0.3 is 0 Å². The molecule has 1 heterocycles. The summed E-state index contributed by atoms with van der Waals surface area (Å²) in [7, 11) is 1.71. The molecule has 1 fully saturated rings. The Bertz CT molecular complexity index is 456. The number of benzene rings is 1. The van der Waals surface area contributed by atoms with Crippen LogP contribution in [0.25, 0.3) is 0 Å². The lowest BCUT2D eigenvalue weighted by Gasteiger charge is -2.29. The van der Waals surface area contributed by atoms with Gasteiger partial charge in [-0.15, -0.1) is 0 Å². The van der Waals surface area contributed by atoms with E-state index in [1.165, 1.54) is 11.3 Å². The summed E-state index contributed by atoms with van der Waals surface area (Å²) in [6.07, 6.45) is 1.13. The molecule has 4 nitrogen and oxygen atoms in total. The van der Waals surface area contributed by atoms with E-state index < -0.39 is 0 Å². The van der Waals surface area contributed by atoms with Gasteiger partial charge in [0.2, 0.25) is 0 Å². The number of nitrogens with one attached hydrogen (secondary N) is 1. The summed E-state index contributed by atoms with van der Waals surface area (Å²) in [5, 5.41) is 13.1. The molecule has 1 aliphatic rings. The number of halogens is 1. The summed E-state index contributed by atoms with van der Waals surface area (Å²) in [6.45, 7) is 5.81. The van der Waals surface area contributed by atoms with Gasteiger partial charge in [0.15, 0.2) is 0 Å². The van der Waals surface area contributed by atoms with Crippen molar-refractivity contribution in [2.75, 3.05) is 38.3 Å². The number of aliphatic hydroxyl groups excluding tert-OH is 1. The SMILES string of the molecule is COCCNCc1ccc(Br)cc1N1CCC(C)C1CO. The maximum absolute atomic E-state index is 9.69. The van der Waals surface area contributed by atoms with Crippen molar-refractivity contribution >= 4 is 21.6 Å². The van der Waals surface area contributed by atoms with Crippen molar-refractivity contribution in [2.24, 2.45) is 5.92 Å². The van der Waals surface area contributed by atoms with Crippen LogP contribution in [-0.4, -0.2) is 44.6 Å². The molecule has 0 aliphatic carbocycles. The fourth-order valence-corrected chi connectivity index (χ4v) is 3.29. The highest BCUT2D eigenvalue weighted by molar-refractivity contribution is 9.10. The molecule has 1 saturated heterocycles. The number of rotatable bonds is 7. The van der Waals surface area contributed by atoms with Crippen molar-refractivity contribution in [3.05, 3.63) is 28.2 Å². The predicted octanol–water partition coefficient (Wildman–Crippen LogP) is 2.39. The quantitative estimate of drug-likeness (QED) is 0.736. The Morgan fingerprint density at radius 3 is 3.00 bits per heavy atom.